The van der Waals surface area contributed by atoms with Crippen LogP contribution in [0.25, 0.3) is 0 Å². The molecule has 3 rings (SSSR count). The third-order valence-corrected chi connectivity index (χ3v) is 3.95. The first-order valence-corrected chi connectivity index (χ1v) is 7.63. The number of nitriles is 1. The summed E-state index contributed by atoms with van der Waals surface area (Å²) in [5, 5.41) is 9.08. The Morgan fingerprint density at radius 3 is 2.64 bits per heavy atom. The Morgan fingerprint density at radius 1 is 1.14 bits per heavy atom. The summed E-state index contributed by atoms with van der Waals surface area (Å²) in [6, 6.07) is 16.2. The van der Waals surface area contributed by atoms with E-state index in [1.54, 1.807) is 18.3 Å². The van der Waals surface area contributed by atoms with Crippen molar-refractivity contribution in [1.82, 2.24) is 9.88 Å². The first kappa shape index (κ1) is 14.6. The van der Waals surface area contributed by atoms with Crippen LogP contribution in [0.15, 0.2) is 48.7 Å². The molecule has 0 atom stereocenters. The number of nitrogens with zero attached hydrogens (tertiary/aromatic N) is 3. The first-order valence-electron chi connectivity index (χ1n) is 7.63. The molecule has 2 aromatic rings. The van der Waals surface area contributed by atoms with E-state index in [0.29, 0.717) is 11.4 Å². The van der Waals surface area contributed by atoms with Gasteiger partial charge in [-0.1, -0.05) is 30.3 Å². The van der Waals surface area contributed by atoms with E-state index in [0.717, 1.165) is 32.5 Å². The number of ether oxygens (including phenoxy) is 1. The molecule has 4 heteroatoms. The van der Waals surface area contributed by atoms with Crippen molar-refractivity contribution in [1.29, 1.82) is 5.26 Å². The first-order chi connectivity index (χ1) is 10.8. The molecule has 1 aromatic heterocycles. The molecule has 1 aromatic carbocycles. The van der Waals surface area contributed by atoms with E-state index in [1.165, 1.54) is 5.56 Å². The minimum atomic E-state index is 0.147. The average molecular weight is 293 g/mol. The van der Waals surface area contributed by atoms with Gasteiger partial charge >= 0.3 is 0 Å². The number of piperidine rings is 1. The van der Waals surface area contributed by atoms with Crippen LogP contribution in [0.1, 0.15) is 24.0 Å². The molecule has 0 spiro atoms. The zero-order chi connectivity index (χ0) is 15.2. The van der Waals surface area contributed by atoms with Gasteiger partial charge in [0.05, 0.1) is 0 Å². The van der Waals surface area contributed by atoms with Gasteiger partial charge in [0.15, 0.2) is 0 Å². The van der Waals surface area contributed by atoms with E-state index in [4.69, 9.17) is 10.00 Å². The number of benzene rings is 1. The maximum absolute atomic E-state index is 9.08. The van der Waals surface area contributed by atoms with Gasteiger partial charge < -0.3 is 4.74 Å². The zero-order valence-electron chi connectivity index (χ0n) is 12.5. The number of hydrogen-bond acceptors (Lipinski definition) is 4. The number of pyridine rings is 1. The highest BCUT2D eigenvalue weighted by Gasteiger charge is 2.21. The molecule has 0 N–H and O–H groups in total. The number of likely N-dealkylation sites (tertiary alicyclic amines) is 1. The van der Waals surface area contributed by atoms with Crippen molar-refractivity contribution in [3.05, 3.63) is 59.8 Å². The Bertz CT molecular complexity index is 643. The van der Waals surface area contributed by atoms with Crippen LogP contribution < -0.4 is 4.74 Å². The van der Waals surface area contributed by atoms with Gasteiger partial charge in [-0.05, 0) is 30.5 Å². The summed E-state index contributed by atoms with van der Waals surface area (Å²) in [5.41, 5.74) is 1.85. The van der Waals surface area contributed by atoms with Gasteiger partial charge in [-0.15, -0.1) is 0 Å². The fourth-order valence-corrected chi connectivity index (χ4v) is 2.75. The van der Waals surface area contributed by atoms with Gasteiger partial charge in [0.25, 0.3) is 0 Å². The molecule has 4 nitrogen and oxygen atoms in total. The fourth-order valence-electron chi connectivity index (χ4n) is 2.75. The van der Waals surface area contributed by atoms with Crippen LogP contribution in [0, 0.1) is 11.3 Å². The highest BCUT2D eigenvalue weighted by atomic mass is 16.5. The van der Waals surface area contributed by atoms with Crippen LogP contribution in [0.5, 0.6) is 5.88 Å². The summed E-state index contributed by atoms with van der Waals surface area (Å²) in [7, 11) is 0. The van der Waals surface area contributed by atoms with Gasteiger partial charge in [-0.3, -0.25) is 4.90 Å². The molecule has 22 heavy (non-hydrogen) atoms. The fraction of sp³-hybridized carbons (Fsp3) is 0.333. The summed E-state index contributed by atoms with van der Waals surface area (Å²) in [6.07, 6.45) is 3.75. The maximum Gasteiger partial charge on any atom is 0.231 e. The minimum absolute atomic E-state index is 0.147. The van der Waals surface area contributed by atoms with Crippen LogP contribution in [0.4, 0.5) is 0 Å². The predicted molar refractivity (Wildman–Crippen MR) is 84.3 cm³/mol. The van der Waals surface area contributed by atoms with Crippen LogP contribution >= 0.6 is 0 Å². The molecule has 0 amide bonds. The summed E-state index contributed by atoms with van der Waals surface area (Å²) in [5.74, 6) is 0.464. The monoisotopic (exact) mass is 293 g/mol. The van der Waals surface area contributed by atoms with E-state index < -0.39 is 0 Å². The van der Waals surface area contributed by atoms with E-state index in [-0.39, 0.29) is 6.10 Å². The molecule has 2 heterocycles. The third kappa shape index (κ3) is 3.63. The Balaban J connectivity index is 1.53. The minimum Gasteiger partial charge on any atom is -0.473 e. The van der Waals surface area contributed by atoms with Crippen molar-refractivity contribution in [3.63, 3.8) is 0 Å². The van der Waals surface area contributed by atoms with Crippen LogP contribution in [0.3, 0.4) is 0 Å². The van der Waals surface area contributed by atoms with E-state index in [2.05, 4.69) is 40.2 Å². The van der Waals surface area contributed by atoms with E-state index in [1.807, 2.05) is 6.07 Å². The highest BCUT2D eigenvalue weighted by Crippen LogP contribution is 2.21. The van der Waals surface area contributed by atoms with Crippen LogP contribution in [-0.4, -0.2) is 29.1 Å². The molecule has 0 unspecified atom stereocenters. The molecule has 1 fully saturated rings. The molecule has 1 aliphatic rings. The Morgan fingerprint density at radius 2 is 1.91 bits per heavy atom. The molecular weight excluding hydrogens is 274 g/mol. The van der Waals surface area contributed by atoms with E-state index in [9.17, 15) is 0 Å². The molecule has 1 saturated heterocycles. The second kappa shape index (κ2) is 7.06. The lowest BCUT2D eigenvalue weighted by Crippen LogP contribution is -2.38. The third-order valence-electron chi connectivity index (χ3n) is 3.95. The number of aromatic nitrogens is 1. The lowest BCUT2D eigenvalue weighted by Gasteiger charge is -2.32. The van der Waals surface area contributed by atoms with Gasteiger partial charge in [0.2, 0.25) is 5.88 Å². The Hall–Kier alpha value is -2.38. The summed E-state index contributed by atoms with van der Waals surface area (Å²) < 4.78 is 5.92. The molecule has 1 aliphatic heterocycles. The smallest absolute Gasteiger partial charge is 0.231 e. The van der Waals surface area contributed by atoms with Crippen molar-refractivity contribution in [2.75, 3.05) is 13.1 Å². The average Bonchev–Trinajstić information content (AvgIpc) is 2.58. The van der Waals surface area contributed by atoms with E-state index >= 15 is 0 Å². The van der Waals surface area contributed by atoms with Gasteiger partial charge in [-0.25, -0.2) is 4.98 Å². The van der Waals surface area contributed by atoms with Crippen molar-refractivity contribution in [2.24, 2.45) is 0 Å². The maximum atomic E-state index is 9.08. The highest BCUT2D eigenvalue weighted by molar-refractivity contribution is 5.37. The molecule has 0 saturated carbocycles. The van der Waals surface area contributed by atoms with Gasteiger partial charge in [0, 0.05) is 25.8 Å². The zero-order valence-corrected chi connectivity index (χ0v) is 12.5. The van der Waals surface area contributed by atoms with Crippen LogP contribution in [0.2, 0.25) is 0 Å². The second-order valence-electron chi connectivity index (χ2n) is 5.55. The summed E-state index contributed by atoms with van der Waals surface area (Å²) in [4.78, 5) is 6.62. The summed E-state index contributed by atoms with van der Waals surface area (Å²) >= 11 is 0. The van der Waals surface area contributed by atoms with Gasteiger partial charge in [-0.2, -0.15) is 5.26 Å². The van der Waals surface area contributed by atoms with Crippen LogP contribution in [-0.2, 0) is 6.54 Å². The molecule has 0 radical (unpaired) electrons. The SMILES string of the molecule is N#Cc1cccnc1OC1CCN(Cc2ccccc2)CC1. The van der Waals surface area contributed by atoms with Crippen molar-refractivity contribution >= 4 is 0 Å². The number of rotatable bonds is 4. The van der Waals surface area contributed by atoms with Crippen molar-refractivity contribution in [2.45, 2.75) is 25.5 Å². The lowest BCUT2D eigenvalue weighted by molar-refractivity contribution is 0.0930. The largest absolute Gasteiger partial charge is 0.473 e. The topological polar surface area (TPSA) is 49.1 Å². The normalized spacial score (nSPS) is 16.1. The molecule has 0 aliphatic carbocycles. The Labute approximate surface area is 131 Å². The van der Waals surface area contributed by atoms with Crippen molar-refractivity contribution < 1.29 is 4.74 Å². The summed E-state index contributed by atoms with van der Waals surface area (Å²) in [6.45, 7) is 3.00. The van der Waals surface area contributed by atoms with Gasteiger partial charge in [0.1, 0.15) is 17.7 Å². The lowest BCUT2D eigenvalue weighted by atomic mass is 10.1. The predicted octanol–water partition coefficient (Wildman–Crippen LogP) is 3.00. The number of hydrogen-bond donors (Lipinski definition) is 0. The standard InChI is InChI=1S/C18H19N3O/c19-13-16-7-4-10-20-18(16)22-17-8-11-21(12-9-17)14-15-5-2-1-3-6-15/h1-7,10,17H,8-9,11-12,14H2. The van der Waals surface area contributed by atoms with Crippen molar-refractivity contribution in [3.8, 4) is 11.9 Å². The quantitative estimate of drug-likeness (QED) is 0.869. The second-order valence-corrected chi connectivity index (χ2v) is 5.55. The molecular formula is C18H19N3O. The Kier molecular flexibility index (Phi) is 4.67. The molecule has 112 valence electrons. The molecule has 0 bridgehead atoms.